The van der Waals surface area contributed by atoms with Crippen LogP contribution in [0.15, 0.2) is 66.2 Å². The maximum Gasteiger partial charge on any atom is 0.449 e. The first-order chi connectivity index (χ1) is 16.3. The lowest BCUT2D eigenvalue weighted by molar-refractivity contribution is -0.146. The van der Waals surface area contributed by atoms with Crippen molar-refractivity contribution in [3.63, 3.8) is 0 Å². The molecule has 0 amide bonds. The molecule has 4 nitrogen and oxygen atoms in total. The number of para-hydroxylation sites is 2. The van der Waals surface area contributed by atoms with Gasteiger partial charge in [0.25, 0.3) is 0 Å². The van der Waals surface area contributed by atoms with Crippen LogP contribution in [0.25, 0.3) is 16.6 Å². The van der Waals surface area contributed by atoms with E-state index in [9.17, 15) is 22.8 Å². The Bertz CT molecular complexity index is 1510. The van der Waals surface area contributed by atoms with E-state index in [1.807, 2.05) is 0 Å². The number of hydrogen-bond donors (Lipinski definition) is 0. The van der Waals surface area contributed by atoms with Crippen LogP contribution < -0.4 is 4.74 Å². The lowest BCUT2D eigenvalue weighted by Gasteiger charge is -2.15. The van der Waals surface area contributed by atoms with Crippen LogP contribution in [0.1, 0.15) is 35.0 Å². The normalized spacial score (nSPS) is 14.6. The highest BCUT2D eigenvalue weighted by Crippen LogP contribution is 2.39. The van der Waals surface area contributed by atoms with Crippen LogP contribution in [0.4, 0.5) is 17.6 Å². The Morgan fingerprint density at radius 2 is 1.85 bits per heavy atom. The number of fused-ring (bicyclic) bond motifs is 3. The highest BCUT2D eigenvalue weighted by Gasteiger charge is 2.37. The number of halogens is 4. The van der Waals surface area contributed by atoms with Gasteiger partial charge in [-0.05, 0) is 53.9 Å². The van der Waals surface area contributed by atoms with Gasteiger partial charge in [0.2, 0.25) is 5.82 Å². The number of nitriles is 1. The Morgan fingerprint density at radius 1 is 1.09 bits per heavy atom. The van der Waals surface area contributed by atoms with E-state index < -0.39 is 17.8 Å². The first kappa shape index (κ1) is 21.7. The lowest BCUT2D eigenvalue weighted by Crippen LogP contribution is -2.15. The Kier molecular flexibility index (Phi) is 5.13. The SMILES string of the molecule is CC(C#N)=C1c2ccc(Cn3c(C(F)(F)F)nc4ccccc43)cc2COc2cc(F)ccc21. The summed E-state index contributed by atoms with van der Waals surface area (Å²) in [5.41, 5.74) is 4.29. The number of aromatic nitrogens is 2. The zero-order chi connectivity index (χ0) is 24.0. The second-order valence-corrected chi connectivity index (χ2v) is 8.04. The molecule has 3 aromatic carbocycles. The van der Waals surface area contributed by atoms with Crippen molar-refractivity contribution in [1.29, 1.82) is 5.26 Å². The highest BCUT2D eigenvalue weighted by molar-refractivity contribution is 5.88. The van der Waals surface area contributed by atoms with Gasteiger partial charge in [0.05, 0.1) is 17.1 Å². The van der Waals surface area contributed by atoms with Gasteiger partial charge < -0.3 is 9.30 Å². The Balaban J connectivity index is 1.62. The lowest BCUT2D eigenvalue weighted by atomic mass is 9.90. The highest BCUT2D eigenvalue weighted by atomic mass is 19.4. The minimum absolute atomic E-state index is 0.0551. The largest absolute Gasteiger partial charge is 0.488 e. The fourth-order valence-electron chi connectivity index (χ4n) is 4.33. The topological polar surface area (TPSA) is 50.8 Å². The van der Waals surface area contributed by atoms with Crippen LogP contribution in [0.3, 0.4) is 0 Å². The van der Waals surface area contributed by atoms with Gasteiger partial charge in [0, 0.05) is 29.3 Å². The summed E-state index contributed by atoms with van der Waals surface area (Å²) < 4.78 is 62.0. The summed E-state index contributed by atoms with van der Waals surface area (Å²) in [4.78, 5) is 3.80. The molecule has 2 heterocycles. The molecule has 0 saturated carbocycles. The first-order valence-corrected chi connectivity index (χ1v) is 10.4. The zero-order valence-electron chi connectivity index (χ0n) is 17.9. The Morgan fingerprint density at radius 3 is 2.62 bits per heavy atom. The first-order valence-electron chi connectivity index (χ1n) is 10.4. The molecule has 0 saturated heterocycles. The van der Waals surface area contributed by atoms with Crippen molar-refractivity contribution in [3.05, 3.63) is 100 Å². The number of allylic oxidation sites excluding steroid dienone is 1. The molecule has 170 valence electrons. The Hall–Kier alpha value is -4.12. The summed E-state index contributed by atoms with van der Waals surface area (Å²) >= 11 is 0. The van der Waals surface area contributed by atoms with Crippen LogP contribution in [0.2, 0.25) is 0 Å². The predicted molar refractivity (Wildman–Crippen MR) is 118 cm³/mol. The molecule has 0 bridgehead atoms. The Labute approximate surface area is 192 Å². The van der Waals surface area contributed by atoms with Crippen molar-refractivity contribution in [3.8, 4) is 11.8 Å². The van der Waals surface area contributed by atoms with Gasteiger partial charge in [0.1, 0.15) is 18.2 Å². The number of hydrogen-bond acceptors (Lipinski definition) is 3. The van der Waals surface area contributed by atoms with Gasteiger partial charge in [0.15, 0.2) is 0 Å². The fourth-order valence-corrected chi connectivity index (χ4v) is 4.33. The molecule has 0 radical (unpaired) electrons. The summed E-state index contributed by atoms with van der Waals surface area (Å²) in [7, 11) is 0. The van der Waals surface area contributed by atoms with E-state index >= 15 is 0 Å². The van der Waals surface area contributed by atoms with Gasteiger partial charge in [-0.3, -0.25) is 0 Å². The van der Waals surface area contributed by atoms with Gasteiger partial charge in [-0.1, -0.05) is 24.3 Å². The number of rotatable bonds is 2. The van der Waals surface area contributed by atoms with Crippen LogP contribution in [0.5, 0.6) is 5.75 Å². The molecular weight excluding hydrogens is 446 g/mol. The van der Waals surface area contributed by atoms with Crippen molar-refractivity contribution in [1.82, 2.24) is 9.55 Å². The third kappa shape index (κ3) is 3.69. The molecule has 4 aromatic rings. The van der Waals surface area contributed by atoms with Gasteiger partial charge in [-0.25, -0.2) is 9.37 Å². The number of alkyl halides is 3. The van der Waals surface area contributed by atoms with E-state index in [4.69, 9.17) is 4.74 Å². The van der Waals surface area contributed by atoms with Gasteiger partial charge in [-0.15, -0.1) is 0 Å². The second-order valence-electron chi connectivity index (χ2n) is 8.04. The molecule has 5 rings (SSSR count). The number of ether oxygens (including phenoxy) is 1. The van der Waals surface area contributed by atoms with Crippen molar-refractivity contribution in [2.75, 3.05) is 0 Å². The minimum Gasteiger partial charge on any atom is -0.488 e. The van der Waals surface area contributed by atoms with E-state index in [0.29, 0.717) is 39.1 Å². The second kappa shape index (κ2) is 8.03. The number of nitrogens with zero attached hydrogens (tertiary/aromatic N) is 3. The van der Waals surface area contributed by atoms with E-state index in [1.54, 1.807) is 55.5 Å². The zero-order valence-corrected chi connectivity index (χ0v) is 17.9. The van der Waals surface area contributed by atoms with Crippen LogP contribution in [-0.2, 0) is 19.3 Å². The van der Waals surface area contributed by atoms with Crippen LogP contribution in [0, 0.1) is 17.1 Å². The van der Waals surface area contributed by atoms with Crippen LogP contribution >= 0.6 is 0 Å². The molecule has 34 heavy (non-hydrogen) atoms. The molecular formula is C26H17F4N3O. The molecule has 0 fully saturated rings. The van der Waals surface area contributed by atoms with Crippen molar-refractivity contribution >= 4 is 16.6 Å². The average molecular weight is 463 g/mol. The quantitative estimate of drug-likeness (QED) is 0.253. The molecule has 0 aliphatic carbocycles. The summed E-state index contributed by atoms with van der Waals surface area (Å²) in [5.74, 6) is -1.13. The molecule has 0 spiro atoms. The van der Waals surface area contributed by atoms with Crippen LogP contribution in [-0.4, -0.2) is 9.55 Å². The molecule has 1 aliphatic heterocycles. The molecule has 8 heteroatoms. The monoisotopic (exact) mass is 463 g/mol. The fraction of sp³-hybridized carbons (Fsp3) is 0.154. The molecule has 0 unspecified atom stereocenters. The average Bonchev–Trinajstić information content (AvgIpc) is 3.10. The predicted octanol–water partition coefficient (Wildman–Crippen LogP) is 6.48. The maximum atomic E-state index is 13.8. The van der Waals surface area contributed by atoms with Crippen molar-refractivity contribution < 1.29 is 22.3 Å². The summed E-state index contributed by atoms with van der Waals surface area (Å²) in [5, 5.41) is 9.58. The van der Waals surface area contributed by atoms with Gasteiger partial charge >= 0.3 is 6.18 Å². The van der Waals surface area contributed by atoms with Crippen molar-refractivity contribution in [2.45, 2.75) is 26.3 Å². The third-order valence-electron chi connectivity index (χ3n) is 5.83. The third-order valence-corrected chi connectivity index (χ3v) is 5.83. The minimum atomic E-state index is -4.61. The van der Waals surface area contributed by atoms with E-state index in [-0.39, 0.29) is 18.7 Å². The summed E-state index contributed by atoms with van der Waals surface area (Å²) in [6, 6.07) is 18.0. The molecule has 1 aromatic heterocycles. The summed E-state index contributed by atoms with van der Waals surface area (Å²) in [6.45, 7) is 1.69. The molecule has 0 atom stereocenters. The smallest absolute Gasteiger partial charge is 0.449 e. The maximum absolute atomic E-state index is 13.8. The number of benzene rings is 3. The van der Waals surface area contributed by atoms with E-state index in [0.717, 1.165) is 10.1 Å². The van der Waals surface area contributed by atoms with E-state index in [2.05, 4.69) is 11.1 Å². The number of imidazole rings is 1. The molecule has 1 aliphatic rings. The molecule has 0 N–H and O–H groups in total. The van der Waals surface area contributed by atoms with E-state index in [1.165, 1.54) is 12.1 Å². The van der Waals surface area contributed by atoms with Crippen molar-refractivity contribution in [2.24, 2.45) is 0 Å². The van der Waals surface area contributed by atoms with Gasteiger partial charge in [-0.2, -0.15) is 18.4 Å². The standard InChI is InChI=1S/C26H17F4N3O/c1-15(12-31)24-19-8-6-16(10-17(19)14-34-23-11-18(27)7-9-20(23)24)13-33-22-5-3-2-4-21(22)32-25(33)26(28,29)30/h2-11H,13-14H2,1H3. The summed E-state index contributed by atoms with van der Waals surface area (Å²) in [6.07, 6.45) is -4.61.